The van der Waals surface area contributed by atoms with Crippen LogP contribution in [-0.2, 0) is 11.2 Å². The van der Waals surface area contributed by atoms with Gasteiger partial charge in [0.25, 0.3) is 5.91 Å². The largest absolute Gasteiger partial charge is 0.383 e. The fourth-order valence-corrected chi connectivity index (χ4v) is 2.25. The van der Waals surface area contributed by atoms with E-state index in [2.05, 4.69) is 17.1 Å². The van der Waals surface area contributed by atoms with Crippen LogP contribution in [0, 0.1) is 0 Å². The molecule has 0 aliphatic heterocycles. The highest BCUT2D eigenvalue weighted by Crippen LogP contribution is 2.11. The van der Waals surface area contributed by atoms with Crippen molar-refractivity contribution in [2.45, 2.75) is 12.5 Å². The monoisotopic (exact) mass is 284 g/mol. The lowest BCUT2D eigenvalue weighted by Gasteiger charge is -2.28. The molecule has 0 saturated carbocycles. The van der Waals surface area contributed by atoms with E-state index in [-0.39, 0.29) is 11.9 Å². The van der Waals surface area contributed by atoms with Gasteiger partial charge in [-0.15, -0.1) is 0 Å². The summed E-state index contributed by atoms with van der Waals surface area (Å²) in [6.07, 6.45) is 4.02. The van der Waals surface area contributed by atoms with Gasteiger partial charge in [0.2, 0.25) is 0 Å². The Morgan fingerprint density at radius 3 is 2.48 bits per heavy atom. The maximum absolute atomic E-state index is 12.5. The molecule has 4 heteroatoms. The SMILES string of the molecule is COCC(Cc1ccccc1)N(C)C(=O)c1ccncc1. The Balaban J connectivity index is 2.12. The molecule has 0 bridgehead atoms. The third-order valence-electron chi connectivity index (χ3n) is 3.47. The second-order valence-corrected chi connectivity index (χ2v) is 4.95. The van der Waals surface area contributed by atoms with Crippen molar-refractivity contribution in [3.05, 3.63) is 66.0 Å². The first-order chi connectivity index (χ1) is 10.2. The molecule has 0 aliphatic rings. The van der Waals surface area contributed by atoms with E-state index < -0.39 is 0 Å². The predicted octanol–water partition coefficient (Wildman–Crippen LogP) is 2.41. The lowest BCUT2D eigenvalue weighted by molar-refractivity contribution is 0.0604. The maximum atomic E-state index is 12.5. The van der Waals surface area contributed by atoms with Crippen molar-refractivity contribution < 1.29 is 9.53 Å². The second kappa shape index (κ2) is 7.55. The van der Waals surface area contributed by atoms with Crippen LogP contribution in [0.4, 0.5) is 0 Å². The zero-order valence-corrected chi connectivity index (χ0v) is 12.4. The highest BCUT2D eigenvalue weighted by atomic mass is 16.5. The maximum Gasteiger partial charge on any atom is 0.254 e. The zero-order chi connectivity index (χ0) is 15.1. The van der Waals surface area contributed by atoms with Crippen molar-refractivity contribution >= 4 is 5.91 Å². The number of likely N-dealkylation sites (N-methyl/N-ethyl adjacent to an activating group) is 1. The van der Waals surface area contributed by atoms with Gasteiger partial charge < -0.3 is 9.64 Å². The zero-order valence-electron chi connectivity index (χ0n) is 12.4. The summed E-state index contributed by atoms with van der Waals surface area (Å²) in [5.74, 6) is -0.0182. The Kier molecular flexibility index (Phi) is 5.46. The van der Waals surface area contributed by atoms with E-state index >= 15 is 0 Å². The molecular formula is C17H20N2O2. The summed E-state index contributed by atoms with van der Waals surface area (Å²) in [5.41, 5.74) is 1.83. The molecule has 1 atom stereocenters. The van der Waals surface area contributed by atoms with Gasteiger partial charge >= 0.3 is 0 Å². The van der Waals surface area contributed by atoms with Crippen LogP contribution in [0.15, 0.2) is 54.9 Å². The van der Waals surface area contributed by atoms with Gasteiger partial charge in [-0.25, -0.2) is 0 Å². The Morgan fingerprint density at radius 1 is 1.19 bits per heavy atom. The molecule has 1 heterocycles. The van der Waals surface area contributed by atoms with E-state index in [0.717, 1.165) is 6.42 Å². The normalized spacial score (nSPS) is 11.9. The van der Waals surface area contributed by atoms with Gasteiger partial charge in [-0.1, -0.05) is 30.3 Å². The van der Waals surface area contributed by atoms with Crippen LogP contribution in [0.25, 0.3) is 0 Å². The van der Waals surface area contributed by atoms with Gasteiger partial charge in [0, 0.05) is 32.1 Å². The lowest BCUT2D eigenvalue weighted by atomic mass is 10.0. The quantitative estimate of drug-likeness (QED) is 0.818. The third-order valence-corrected chi connectivity index (χ3v) is 3.47. The topological polar surface area (TPSA) is 42.4 Å². The number of hydrogen-bond acceptors (Lipinski definition) is 3. The van der Waals surface area contributed by atoms with Crippen molar-refractivity contribution in [1.29, 1.82) is 0 Å². The Bertz CT molecular complexity index is 558. The number of aromatic nitrogens is 1. The number of rotatable bonds is 6. The van der Waals surface area contributed by atoms with Crippen molar-refractivity contribution in [2.24, 2.45) is 0 Å². The molecular weight excluding hydrogens is 264 g/mol. The summed E-state index contributed by atoms with van der Waals surface area (Å²) in [4.78, 5) is 18.2. The minimum Gasteiger partial charge on any atom is -0.383 e. The van der Waals surface area contributed by atoms with Crippen LogP contribution in [-0.4, -0.2) is 42.6 Å². The van der Waals surface area contributed by atoms with Crippen LogP contribution >= 0.6 is 0 Å². The van der Waals surface area contributed by atoms with Gasteiger partial charge in [-0.3, -0.25) is 9.78 Å². The van der Waals surface area contributed by atoms with Crippen molar-refractivity contribution in [3.63, 3.8) is 0 Å². The standard InChI is InChI=1S/C17H20N2O2/c1-19(17(20)15-8-10-18-11-9-15)16(13-21-2)12-14-6-4-3-5-7-14/h3-11,16H,12-13H2,1-2H3. The van der Waals surface area contributed by atoms with E-state index in [9.17, 15) is 4.79 Å². The van der Waals surface area contributed by atoms with E-state index in [1.165, 1.54) is 5.56 Å². The van der Waals surface area contributed by atoms with Crippen molar-refractivity contribution in [1.82, 2.24) is 9.88 Å². The third kappa shape index (κ3) is 4.13. The first kappa shape index (κ1) is 15.2. The van der Waals surface area contributed by atoms with E-state index in [1.807, 2.05) is 25.2 Å². The highest BCUT2D eigenvalue weighted by molar-refractivity contribution is 5.94. The average Bonchev–Trinajstić information content (AvgIpc) is 2.55. The molecule has 0 radical (unpaired) electrons. The minimum absolute atomic E-state index is 0.00179. The molecule has 1 aromatic carbocycles. The number of carbonyl (C=O) groups excluding carboxylic acids is 1. The summed E-state index contributed by atoms with van der Waals surface area (Å²) < 4.78 is 5.28. The number of pyridine rings is 1. The molecule has 21 heavy (non-hydrogen) atoms. The molecule has 1 unspecified atom stereocenters. The molecule has 0 saturated heterocycles. The number of carbonyl (C=O) groups is 1. The molecule has 0 spiro atoms. The molecule has 0 N–H and O–H groups in total. The van der Waals surface area contributed by atoms with Crippen LogP contribution in [0.2, 0.25) is 0 Å². The van der Waals surface area contributed by atoms with Crippen LogP contribution < -0.4 is 0 Å². The number of benzene rings is 1. The highest BCUT2D eigenvalue weighted by Gasteiger charge is 2.21. The summed E-state index contributed by atoms with van der Waals surface area (Å²) >= 11 is 0. The van der Waals surface area contributed by atoms with Gasteiger partial charge in [0.05, 0.1) is 12.6 Å². The van der Waals surface area contributed by atoms with Crippen molar-refractivity contribution in [3.8, 4) is 0 Å². The first-order valence-corrected chi connectivity index (χ1v) is 6.92. The van der Waals surface area contributed by atoms with Crippen LogP contribution in [0.1, 0.15) is 15.9 Å². The molecule has 110 valence electrons. The number of amides is 1. The number of methoxy groups -OCH3 is 1. The molecule has 0 fully saturated rings. The molecule has 4 nitrogen and oxygen atoms in total. The molecule has 1 aromatic heterocycles. The molecule has 1 amide bonds. The number of hydrogen-bond donors (Lipinski definition) is 0. The van der Waals surface area contributed by atoms with Gasteiger partial charge in [0.1, 0.15) is 0 Å². The van der Waals surface area contributed by atoms with Gasteiger partial charge in [-0.2, -0.15) is 0 Å². The van der Waals surface area contributed by atoms with Crippen LogP contribution in [0.3, 0.4) is 0 Å². The lowest BCUT2D eigenvalue weighted by Crippen LogP contribution is -2.41. The van der Waals surface area contributed by atoms with Gasteiger partial charge in [0.15, 0.2) is 0 Å². The van der Waals surface area contributed by atoms with E-state index in [4.69, 9.17) is 4.74 Å². The summed E-state index contributed by atoms with van der Waals surface area (Å²) in [6.45, 7) is 0.502. The van der Waals surface area contributed by atoms with E-state index in [1.54, 1.807) is 36.5 Å². The molecule has 0 aliphatic carbocycles. The Hall–Kier alpha value is -2.20. The minimum atomic E-state index is -0.0182. The fraction of sp³-hybridized carbons (Fsp3) is 0.294. The second-order valence-electron chi connectivity index (χ2n) is 4.95. The number of nitrogens with zero attached hydrogens (tertiary/aromatic N) is 2. The number of ether oxygens (including phenoxy) is 1. The summed E-state index contributed by atoms with van der Waals surface area (Å²) in [6, 6.07) is 13.6. The molecule has 2 aromatic rings. The van der Waals surface area contributed by atoms with Crippen LogP contribution in [0.5, 0.6) is 0 Å². The first-order valence-electron chi connectivity index (χ1n) is 6.92. The Morgan fingerprint density at radius 2 is 1.86 bits per heavy atom. The summed E-state index contributed by atoms with van der Waals surface area (Å²) in [7, 11) is 3.47. The predicted molar refractivity (Wildman–Crippen MR) is 82.1 cm³/mol. The smallest absolute Gasteiger partial charge is 0.254 e. The Labute approximate surface area is 125 Å². The molecule has 2 rings (SSSR count). The van der Waals surface area contributed by atoms with Gasteiger partial charge in [-0.05, 0) is 24.1 Å². The fourth-order valence-electron chi connectivity index (χ4n) is 2.25. The van der Waals surface area contributed by atoms with E-state index in [0.29, 0.717) is 12.2 Å². The average molecular weight is 284 g/mol. The van der Waals surface area contributed by atoms with Crippen molar-refractivity contribution in [2.75, 3.05) is 20.8 Å². The summed E-state index contributed by atoms with van der Waals surface area (Å²) in [5, 5.41) is 0.